The van der Waals surface area contributed by atoms with Crippen LogP contribution in [0.25, 0.3) is 0 Å². The molecule has 1 aromatic heterocycles. The smallest absolute Gasteiger partial charge is 0.0739 e. The van der Waals surface area contributed by atoms with Crippen molar-refractivity contribution in [1.29, 1.82) is 0 Å². The quantitative estimate of drug-likeness (QED) is 0.783. The van der Waals surface area contributed by atoms with Gasteiger partial charge in [0.25, 0.3) is 0 Å². The van der Waals surface area contributed by atoms with Crippen molar-refractivity contribution in [3.8, 4) is 0 Å². The van der Waals surface area contributed by atoms with E-state index in [2.05, 4.69) is 49.9 Å². The summed E-state index contributed by atoms with van der Waals surface area (Å²) in [6.07, 6.45) is 2.76. The zero-order valence-electron chi connectivity index (χ0n) is 11.5. The van der Waals surface area contributed by atoms with E-state index in [9.17, 15) is 0 Å². The van der Waals surface area contributed by atoms with Gasteiger partial charge in [-0.15, -0.1) is 0 Å². The third-order valence-electron chi connectivity index (χ3n) is 3.56. The minimum atomic E-state index is 0.849. The van der Waals surface area contributed by atoms with Crippen molar-refractivity contribution < 1.29 is 0 Å². The Bertz CT molecular complexity index is 398. The third kappa shape index (κ3) is 3.33. The fourth-order valence-corrected chi connectivity index (χ4v) is 2.62. The Morgan fingerprint density at radius 3 is 2.83 bits per heavy atom. The molecule has 0 unspecified atom stereocenters. The summed E-state index contributed by atoms with van der Waals surface area (Å²) < 4.78 is 3.21. The van der Waals surface area contributed by atoms with Crippen LogP contribution in [-0.4, -0.2) is 40.9 Å². The summed E-state index contributed by atoms with van der Waals surface area (Å²) >= 11 is 3.62. The maximum absolute atomic E-state index is 4.50. The van der Waals surface area contributed by atoms with Gasteiger partial charge in [-0.1, -0.05) is 0 Å². The van der Waals surface area contributed by atoms with Gasteiger partial charge in [0.1, 0.15) is 0 Å². The van der Waals surface area contributed by atoms with E-state index in [1.165, 1.54) is 18.5 Å². The first-order valence-corrected chi connectivity index (χ1v) is 7.55. The molecule has 0 aromatic carbocycles. The summed E-state index contributed by atoms with van der Waals surface area (Å²) in [5.41, 5.74) is 2.33. The van der Waals surface area contributed by atoms with Crippen molar-refractivity contribution in [3.63, 3.8) is 0 Å². The number of nitrogens with one attached hydrogen (secondary N) is 1. The molecule has 2 rings (SSSR count). The van der Waals surface area contributed by atoms with Crippen LogP contribution in [0.5, 0.6) is 0 Å². The van der Waals surface area contributed by atoms with Crippen molar-refractivity contribution >= 4 is 15.9 Å². The summed E-state index contributed by atoms with van der Waals surface area (Å²) in [5, 5.41) is 8.01. The van der Waals surface area contributed by atoms with Gasteiger partial charge in [-0.05, 0) is 49.7 Å². The van der Waals surface area contributed by atoms with Crippen molar-refractivity contribution in [1.82, 2.24) is 20.0 Å². The Hall–Kier alpha value is -0.390. The zero-order chi connectivity index (χ0) is 13.1. The highest BCUT2D eigenvalue weighted by Gasteiger charge is 2.25. The number of aryl methyl sites for hydroxylation is 2. The molecule has 1 fully saturated rings. The highest BCUT2D eigenvalue weighted by Crippen LogP contribution is 2.24. The van der Waals surface area contributed by atoms with E-state index in [-0.39, 0.29) is 0 Å². The Labute approximate surface area is 118 Å². The molecule has 0 aliphatic heterocycles. The first kappa shape index (κ1) is 14.0. The van der Waals surface area contributed by atoms with Gasteiger partial charge in [-0.25, -0.2) is 0 Å². The van der Waals surface area contributed by atoms with Gasteiger partial charge in [0, 0.05) is 32.2 Å². The number of aromatic nitrogens is 2. The zero-order valence-corrected chi connectivity index (χ0v) is 13.1. The predicted octanol–water partition coefficient (Wildman–Crippen LogP) is 2.16. The summed E-state index contributed by atoms with van der Waals surface area (Å²) in [6.45, 7) is 8.14. The average Bonchev–Trinajstić information content (AvgIpc) is 3.16. The van der Waals surface area contributed by atoms with Crippen LogP contribution >= 0.6 is 15.9 Å². The van der Waals surface area contributed by atoms with Crippen LogP contribution in [0.15, 0.2) is 4.47 Å². The number of nitrogens with zero attached hydrogens (tertiary/aromatic N) is 3. The molecule has 0 bridgehead atoms. The van der Waals surface area contributed by atoms with Crippen LogP contribution < -0.4 is 5.32 Å². The predicted molar refractivity (Wildman–Crippen MR) is 77.7 cm³/mol. The van der Waals surface area contributed by atoms with Gasteiger partial charge >= 0.3 is 0 Å². The van der Waals surface area contributed by atoms with Crippen LogP contribution in [0.2, 0.25) is 0 Å². The van der Waals surface area contributed by atoms with Crippen LogP contribution in [0, 0.1) is 6.92 Å². The standard InChI is InChI=1S/C13H23BrN4/c1-4-18-12(13(14)10(2)16-18)9-15-7-8-17(3)11-5-6-11/h11,15H,4-9H2,1-3H3. The molecule has 0 radical (unpaired) electrons. The molecule has 0 saturated heterocycles. The molecule has 0 amide bonds. The lowest BCUT2D eigenvalue weighted by Crippen LogP contribution is -2.30. The van der Waals surface area contributed by atoms with Gasteiger partial charge in [-0.3, -0.25) is 4.68 Å². The second kappa shape index (κ2) is 6.17. The molecule has 4 nitrogen and oxygen atoms in total. The molecule has 5 heteroatoms. The molecule has 1 aliphatic rings. The summed E-state index contributed by atoms with van der Waals surface area (Å²) in [5.74, 6) is 0. The van der Waals surface area contributed by atoms with E-state index in [1.54, 1.807) is 0 Å². The topological polar surface area (TPSA) is 33.1 Å². The normalized spacial score (nSPS) is 15.6. The van der Waals surface area contributed by atoms with Gasteiger partial charge in [0.15, 0.2) is 0 Å². The van der Waals surface area contributed by atoms with E-state index >= 15 is 0 Å². The Balaban J connectivity index is 1.78. The maximum atomic E-state index is 4.50. The third-order valence-corrected chi connectivity index (χ3v) is 4.59. The summed E-state index contributed by atoms with van der Waals surface area (Å²) in [4.78, 5) is 2.45. The van der Waals surface area contributed by atoms with E-state index in [4.69, 9.17) is 0 Å². The first-order chi connectivity index (χ1) is 8.63. The molecule has 1 saturated carbocycles. The Morgan fingerprint density at radius 2 is 2.22 bits per heavy atom. The van der Waals surface area contributed by atoms with Crippen molar-refractivity contribution in [2.24, 2.45) is 0 Å². The lowest BCUT2D eigenvalue weighted by Gasteiger charge is -2.16. The van der Waals surface area contributed by atoms with Crippen LogP contribution in [0.4, 0.5) is 0 Å². The van der Waals surface area contributed by atoms with Crippen LogP contribution in [-0.2, 0) is 13.1 Å². The largest absolute Gasteiger partial charge is 0.310 e. The second-order valence-corrected chi connectivity index (χ2v) is 5.84. The fourth-order valence-electron chi connectivity index (χ4n) is 2.20. The van der Waals surface area contributed by atoms with Gasteiger partial charge in [0.2, 0.25) is 0 Å². The maximum Gasteiger partial charge on any atom is 0.0739 e. The molecular weight excluding hydrogens is 292 g/mol. The molecule has 1 heterocycles. The molecule has 1 aromatic rings. The summed E-state index contributed by atoms with van der Waals surface area (Å²) in [6, 6.07) is 0.849. The average molecular weight is 315 g/mol. The van der Waals surface area contributed by atoms with E-state index in [1.807, 2.05) is 6.92 Å². The SMILES string of the molecule is CCn1nc(C)c(Br)c1CNCCN(C)C1CC1. The molecule has 1 aliphatic carbocycles. The number of rotatable bonds is 7. The minimum Gasteiger partial charge on any atom is -0.310 e. The molecule has 0 atom stereocenters. The van der Waals surface area contributed by atoms with Crippen LogP contribution in [0.3, 0.4) is 0 Å². The lowest BCUT2D eigenvalue weighted by atomic mass is 10.3. The molecule has 1 N–H and O–H groups in total. The van der Waals surface area contributed by atoms with Crippen molar-refractivity contribution in [2.45, 2.75) is 45.8 Å². The molecule has 18 heavy (non-hydrogen) atoms. The molecule has 0 spiro atoms. The fraction of sp³-hybridized carbons (Fsp3) is 0.769. The minimum absolute atomic E-state index is 0.849. The van der Waals surface area contributed by atoms with Gasteiger partial charge in [-0.2, -0.15) is 5.10 Å². The number of hydrogen-bond acceptors (Lipinski definition) is 3. The van der Waals surface area contributed by atoms with Gasteiger partial charge < -0.3 is 10.2 Å². The van der Waals surface area contributed by atoms with Crippen molar-refractivity contribution in [2.75, 3.05) is 20.1 Å². The first-order valence-electron chi connectivity index (χ1n) is 6.76. The number of likely N-dealkylation sites (N-methyl/N-ethyl adjacent to an activating group) is 1. The summed E-state index contributed by atoms with van der Waals surface area (Å²) in [7, 11) is 2.22. The highest BCUT2D eigenvalue weighted by atomic mass is 79.9. The van der Waals surface area contributed by atoms with E-state index < -0.39 is 0 Å². The Kier molecular flexibility index (Phi) is 4.81. The number of halogens is 1. The number of hydrogen-bond donors (Lipinski definition) is 1. The Morgan fingerprint density at radius 1 is 1.50 bits per heavy atom. The molecular formula is C13H23BrN4. The van der Waals surface area contributed by atoms with E-state index in [0.717, 1.165) is 42.4 Å². The van der Waals surface area contributed by atoms with Gasteiger partial charge in [0.05, 0.1) is 15.9 Å². The molecule has 102 valence electrons. The van der Waals surface area contributed by atoms with E-state index in [0.29, 0.717) is 0 Å². The van der Waals surface area contributed by atoms with Crippen LogP contribution in [0.1, 0.15) is 31.2 Å². The monoisotopic (exact) mass is 314 g/mol. The highest BCUT2D eigenvalue weighted by molar-refractivity contribution is 9.10. The van der Waals surface area contributed by atoms with Crippen molar-refractivity contribution in [3.05, 3.63) is 15.9 Å². The second-order valence-electron chi connectivity index (χ2n) is 5.05. The lowest BCUT2D eigenvalue weighted by molar-refractivity contribution is 0.321.